The fourth-order valence-corrected chi connectivity index (χ4v) is 2.19. The third kappa shape index (κ3) is 2.24. The lowest BCUT2D eigenvalue weighted by Gasteiger charge is -2.42. The number of nitrogen functional groups attached to an aromatic ring is 1. The highest BCUT2D eigenvalue weighted by Crippen LogP contribution is 2.35. The minimum atomic E-state index is -0.0816. The summed E-state index contributed by atoms with van der Waals surface area (Å²) in [5.74, 6) is 5.28. The van der Waals surface area contributed by atoms with Crippen LogP contribution in [0.15, 0.2) is 18.5 Å². The molecular weight excluding hydrogens is 216 g/mol. The quantitative estimate of drug-likeness (QED) is 0.544. The Labute approximate surface area is 101 Å². The van der Waals surface area contributed by atoms with Gasteiger partial charge in [0, 0.05) is 11.7 Å². The van der Waals surface area contributed by atoms with Crippen molar-refractivity contribution in [3.63, 3.8) is 0 Å². The molecule has 0 atom stereocenters. The van der Waals surface area contributed by atoms with Crippen LogP contribution in [0.1, 0.15) is 43.0 Å². The fraction of sp³-hybridized carbons (Fsp3) is 0.500. The van der Waals surface area contributed by atoms with E-state index in [1.165, 1.54) is 6.42 Å². The summed E-state index contributed by atoms with van der Waals surface area (Å²) in [6.07, 6.45) is 7.42. The maximum Gasteiger partial charge on any atom is 0.253 e. The molecule has 0 spiro atoms. The van der Waals surface area contributed by atoms with Crippen molar-refractivity contribution in [3.05, 3.63) is 24.0 Å². The van der Waals surface area contributed by atoms with E-state index in [1.807, 2.05) is 0 Å². The molecule has 1 fully saturated rings. The number of nitrogens with one attached hydrogen (secondary N) is 2. The highest BCUT2D eigenvalue weighted by molar-refractivity contribution is 5.99. The number of nitrogens with two attached hydrogens (primary N) is 1. The van der Waals surface area contributed by atoms with Gasteiger partial charge in [-0.15, -0.1) is 0 Å². The number of carbonyl (C=O) groups is 1. The van der Waals surface area contributed by atoms with Gasteiger partial charge in [-0.1, -0.05) is 6.92 Å². The van der Waals surface area contributed by atoms with E-state index in [9.17, 15) is 4.79 Å². The summed E-state index contributed by atoms with van der Waals surface area (Å²) in [6.45, 7) is 2.11. The summed E-state index contributed by atoms with van der Waals surface area (Å²) in [7, 11) is 0. The van der Waals surface area contributed by atoms with Crippen LogP contribution in [0, 0.1) is 0 Å². The maximum atomic E-state index is 12.2. The lowest BCUT2D eigenvalue weighted by atomic mass is 9.74. The van der Waals surface area contributed by atoms with E-state index in [1.54, 1.807) is 18.5 Å². The number of aromatic nitrogens is 1. The molecule has 1 aromatic rings. The van der Waals surface area contributed by atoms with Gasteiger partial charge in [0.05, 0.1) is 17.4 Å². The maximum absolute atomic E-state index is 12.2. The first-order chi connectivity index (χ1) is 8.21. The zero-order chi connectivity index (χ0) is 12.3. The van der Waals surface area contributed by atoms with E-state index in [4.69, 9.17) is 5.84 Å². The third-order valence-corrected chi connectivity index (χ3v) is 3.59. The van der Waals surface area contributed by atoms with E-state index < -0.39 is 0 Å². The second kappa shape index (κ2) is 4.71. The lowest BCUT2D eigenvalue weighted by molar-refractivity contribution is 0.0821. The molecular formula is C12H18N4O. The Balaban J connectivity index is 2.14. The van der Waals surface area contributed by atoms with Crippen LogP contribution in [0.3, 0.4) is 0 Å². The predicted molar refractivity (Wildman–Crippen MR) is 66.4 cm³/mol. The van der Waals surface area contributed by atoms with Gasteiger partial charge in [0.15, 0.2) is 0 Å². The molecule has 0 aromatic carbocycles. The topological polar surface area (TPSA) is 80.0 Å². The van der Waals surface area contributed by atoms with Gasteiger partial charge in [-0.05, 0) is 31.7 Å². The summed E-state index contributed by atoms with van der Waals surface area (Å²) in [6, 6.07) is 1.67. The van der Waals surface area contributed by atoms with Crippen LogP contribution >= 0.6 is 0 Å². The van der Waals surface area contributed by atoms with Crippen LogP contribution < -0.4 is 16.6 Å². The van der Waals surface area contributed by atoms with Crippen LogP contribution in [-0.2, 0) is 0 Å². The lowest BCUT2D eigenvalue weighted by Crippen LogP contribution is -2.53. The molecule has 1 heterocycles. The zero-order valence-electron chi connectivity index (χ0n) is 9.99. The second-order valence-corrected chi connectivity index (χ2v) is 4.51. The van der Waals surface area contributed by atoms with Gasteiger partial charge < -0.3 is 10.7 Å². The molecule has 1 aliphatic rings. The number of nitrogens with zero attached hydrogens (tertiary/aromatic N) is 1. The smallest absolute Gasteiger partial charge is 0.253 e. The average molecular weight is 234 g/mol. The largest absolute Gasteiger partial charge is 0.347 e. The molecule has 0 unspecified atom stereocenters. The highest BCUT2D eigenvalue weighted by atomic mass is 16.1. The number of rotatable bonds is 4. The summed E-state index contributed by atoms with van der Waals surface area (Å²) in [5.41, 5.74) is 3.58. The van der Waals surface area contributed by atoms with Gasteiger partial charge in [-0.2, -0.15) is 0 Å². The van der Waals surface area contributed by atoms with Crippen molar-refractivity contribution >= 4 is 11.6 Å². The Morgan fingerprint density at radius 1 is 1.59 bits per heavy atom. The monoisotopic (exact) mass is 234 g/mol. The molecule has 5 nitrogen and oxygen atoms in total. The Bertz CT molecular complexity index is 409. The number of amides is 1. The Morgan fingerprint density at radius 3 is 2.88 bits per heavy atom. The van der Waals surface area contributed by atoms with E-state index in [0.29, 0.717) is 11.3 Å². The molecule has 0 bridgehead atoms. The Kier molecular flexibility index (Phi) is 3.28. The summed E-state index contributed by atoms with van der Waals surface area (Å²) < 4.78 is 0. The van der Waals surface area contributed by atoms with Crippen LogP contribution in [0.25, 0.3) is 0 Å². The van der Waals surface area contributed by atoms with Crippen LogP contribution in [0.4, 0.5) is 5.69 Å². The van der Waals surface area contributed by atoms with Crippen molar-refractivity contribution in [2.75, 3.05) is 5.43 Å². The SMILES string of the molecule is CCC1(NC(=O)c2ccncc2NN)CCC1. The van der Waals surface area contributed by atoms with Gasteiger partial charge >= 0.3 is 0 Å². The molecule has 0 saturated heterocycles. The minimum Gasteiger partial charge on any atom is -0.347 e. The molecule has 5 heteroatoms. The first-order valence-electron chi connectivity index (χ1n) is 5.94. The summed E-state index contributed by atoms with van der Waals surface area (Å²) >= 11 is 0. The number of hydrogen-bond acceptors (Lipinski definition) is 4. The number of pyridine rings is 1. The van der Waals surface area contributed by atoms with Crippen molar-refractivity contribution in [1.29, 1.82) is 0 Å². The molecule has 0 radical (unpaired) electrons. The Hall–Kier alpha value is -1.62. The normalized spacial score (nSPS) is 17.1. The van der Waals surface area contributed by atoms with Crippen molar-refractivity contribution in [2.45, 2.75) is 38.1 Å². The van der Waals surface area contributed by atoms with Gasteiger partial charge in [-0.25, -0.2) is 0 Å². The van der Waals surface area contributed by atoms with Crippen molar-refractivity contribution < 1.29 is 4.79 Å². The summed E-state index contributed by atoms with van der Waals surface area (Å²) in [5, 5.41) is 3.11. The first kappa shape index (κ1) is 11.9. The van der Waals surface area contributed by atoms with Gasteiger partial charge in [-0.3, -0.25) is 15.6 Å². The van der Waals surface area contributed by atoms with Crippen LogP contribution in [-0.4, -0.2) is 16.4 Å². The van der Waals surface area contributed by atoms with Gasteiger partial charge in [0.1, 0.15) is 0 Å². The molecule has 1 amide bonds. The first-order valence-corrected chi connectivity index (χ1v) is 5.94. The molecule has 1 aliphatic carbocycles. The fourth-order valence-electron chi connectivity index (χ4n) is 2.19. The van der Waals surface area contributed by atoms with Crippen LogP contribution in [0.5, 0.6) is 0 Å². The molecule has 17 heavy (non-hydrogen) atoms. The van der Waals surface area contributed by atoms with Gasteiger partial charge in [0.2, 0.25) is 0 Å². The molecule has 92 valence electrons. The number of hydrazine groups is 1. The highest BCUT2D eigenvalue weighted by Gasteiger charge is 2.36. The van der Waals surface area contributed by atoms with Crippen LogP contribution in [0.2, 0.25) is 0 Å². The van der Waals surface area contributed by atoms with Crippen molar-refractivity contribution in [3.8, 4) is 0 Å². The number of carbonyl (C=O) groups excluding carboxylic acids is 1. The van der Waals surface area contributed by atoms with E-state index in [2.05, 4.69) is 22.7 Å². The number of hydrogen-bond donors (Lipinski definition) is 3. The Morgan fingerprint density at radius 2 is 2.35 bits per heavy atom. The molecule has 0 aliphatic heterocycles. The third-order valence-electron chi connectivity index (χ3n) is 3.59. The molecule has 2 rings (SSSR count). The van der Waals surface area contributed by atoms with E-state index in [-0.39, 0.29) is 11.4 Å². The van der Waals surface area contributed by atoms with Crippen molar-refractivity contribution in [2.24, 2.45) is 5.84 Å². The standard InChI is InChI=1S/C12H18N4O/c1-2-12(5-3-6-12)15-11(17)9-4-7-14-8-10(9)16-13/h4,7-8,16H,2-3,5-6,13H2,1H3,(H,15,17). The molecule has 1 aromatic heterocycles. The zero-order valence-corrected chi connectivity index (χ0v) is 9.99. The minimum absolute atomic E-state index is 0.00772. The average Bonchev–Trinajstić information content (AvgIpc) is 2.33. The van der Waals surface area contributed by atoms with Gasteiger partial charge in [0.25, 0.3) is 5.91 Å². The van der Waals surface area contributed by atoms with E-state index >= 15 is 0 Å². The number of anilines is 1. The van der Waals surface area contributed by atoms with Crippen molar-refractivity contribution in [1.82, 2.24) is 10.3 Å². The molecule has 1 saturated carbocycles. The molecule has 4 N–H and O–H groups in total. The van der Waals surface area contributed by atoms with E-state index in [0.717, 1.165) is 19.3 Å². The predicted octanol–water partition coefficient (Wildman–Crippen LogP) is 1.43. The summed E-state index contributed by atoms with van der Waals surface area (Å²) in [4.78, 5) is 16.1. The second-order valence-electron chi connectivity index (χ2n) is 4.51.